The molecule has 2 fully saturated rings. The highest BCUT2D eigenvalue weighted by molar-refractivity contribution is 7.98. The average Bonchev–Trinajstić information content (AvgIpc) is 3.73. The maximum Gasteiger partial charge on any atom is 0.273 e. The van der Waals surface area contributed by atoms with Crippen molar-refractivity contribution in [1.29, 1.82) is 0 Å². The van der Waals surface area contributed by atoms with E-state index >= 15 is 0 Å². The Morgan fingerprint density at radius 2 is 1.87 bits per heavy atom. The number of nitrogens with zero attached hydrogens (tertiary/aromatic N) is 6. The van der Waals surface area contributed by atoms with Gasteiger partial charge in [-0.1, -0.05) is 23.9 Å². The van der Waals surface area contributed by atoms with Crippen LogP contribution in [0.2, 0.25) is 0 Å². The molecule has 2 aliphatic rings. The zero-order valence-electron chi connectivity index (χ0n) is 20.8. The topological polar surface area (TPSA) is 104 Å². The summed E-state index contributed by atoms with van der Waals surface area (Å²) >= 11 is 2.98. The van der Waals surface area contributed by atoms with Crippen LogP contribution >= 0.6 is 23.1 Å². The van der Waals surface area contributed by atoms with Gasteiger partial charge in [0.2, 0.25) is 0 Å². The summed E-state index contributed by atoms with van der Waals surface area (Å²) in [4.78, 5) is 23.7. The molecule has 0 saturated carbocycles. The molecule has 5 heterocycles. The molecular weight excluding hydrogens is 524 g/mol. The third-order valence-electron chi connectivity index (χ3n) is 6.62. The van der Waals surface area contributed by atoms with Crippen LogP contribution < -0.4 is 4.74 Å². The Labute approximate surface area is 228 Å². The van der Waals surface area contributed by atoms with Crippen molar-refractivity contribution in [2.75, 3.05) is 33.4 Å². The summed E-state index contributed by atoms with van der Waals surface area (Å²) in [5.41, 5.74) is 2.20. The van der Waals surface area contributed by atoms with Gasteiger partial charge in [-0.3, -0.25) is 14.3 Å². The molecule has 10 nitrogen and oxygen atoms in total. The fourth-order valence-electron chi connectivity index (χ4n) is 4.68. The van der Waals surface area contributed by atoms with E-state index in [2.05, 4.69) is 20.2 Å². The minimum Gasteiger partial charge on any atom is -0.495 e. The molecule has 6 rings (SSSR count). The Balaban J connectivity index is 1.19. The van der Waals surface area contributed by atoms with Gasteiger partial charge in [-0.05, 0) is 24.3 Å². The lowest BCUT2D eigenvalue weighted by Gasteiger charge is -2.37. The second-order valence-corrected chi connectivity index (χ2v) is 10.7. The van der Waals surface area contributed by atoms with Gasteiger partial charge in [0, 0.05) is 49.3 Å². The summed E-state index contributed by atoms with van der Waals surface area (Å²) in [5.74, 6) is 1.39. The van der Waals surface area contributed by atoms with Gasteiger partial charge in [0.15, 0.2) is 16.8 Å². The van der Waals surface area contributed by atoms with E-state index in [0.717, 1.165) is 16.3 Å². The molecule has 1 amide bonds. The molecule has 3 aromatic heterocycles. The number of benzene rings is 1. The van der Waals surface area contributed by atoms with Crippen molar-refractivity contribution in [3.8, 4) is 22.8 Å². The van der Waals surface area contributed by atoms with E-state index in [9.17, 15) is 4.79 Å². The number of amides is 1. The highest BCUT2D eigenvalue weighted by atomic mass is 32.2. The number of carbonyl (C=O) groups is 1. The molecule has 0 atom stereocenters. The number of thiazole rings is 1. The number of hydrogen-bond donors (Lipinski definition) is 0. The first-order chi connectivity index (χ1) is 18.7. The largest absolute Gasteiger partial charge is 0.495 e. The Kier molecular flexibility index (Phi) is 7.11. The van der Waals surface area contributed by atoms with E-state index in [1.165, 1.54) is 23.1 Å². The number of hydrogen-bond acceptors (Lipinski definition) is 10. The van der Waals surface area contributed by atoms with Crippen molar-refractivity contribution in [2.24, 2.45) is 0 Å². The van der Waals surface area contributed by atoms with E-state index < -0.39 is 5.79 Å². The molecular formula is C26H26N6O4S2. The normalized spacial score (nSPS) is 16.7. The van der Waals surface area contributed by atoms with E-state index in [4.69, 9.17) is 14.2 Å². The van der Waals surface area contributed by atoms with Crippen LogP contribution in [0.3, 0.4) is 0 Å². The number of ether oxygens (including phenoxy) is 3. The van der Waals surface area contributed by atoms with Gasteiger partial charge in [-0.25, -0.2) is 4.98 Å². The summed E-state index contributed by atoms with van der Waals surface area (Å²) in [6.07, 6.45) is 4.83. The number of para-hydroxylation sites is 2. The minimum absolute atomic E-state index is 0.0532. The molecule has 2 saturated heterocycles. The first-order valence-electron chi connectivity index (χ1n) is 12.3. The van der Waals surface area contributed by atoms with Crippen LogP contribution in [-0.2, 0) is 15.2 Å². The molecule has 2 aliphatic heterocycles. The Hall–Kier alpha value is -3.32. The zero-order chi connectivity index (χ0) is 26.0. The van der Waals surface area contributed by atoms with E-state index in [-0.39, 0.29) is 5.91 Å². The maximum absolute atomic E-state index is 13.1. The quantitative estimate of drug-likeness (QED) is 0.315. The lowest BCUT2D eigenvalue weighted by Crippen LogP contribution is -2.47. The van der Waals surface area contributed by atoms with Crippen molar-refractivity contribution >= 4 is 29.0 Å². The van der Waals surface area contributed by atoms with Gasteiger partial charge in [0.05, 0.1) is 31.8 Å². The van der Waals surface area contributed by atoms with Crippen LogP contribution in [0.4, 0.5) is 0 Å². The van der Waals surface area contributed by atoms with Gasteiger partial charge in [0.1, 0.15) is 16.5 Å². The number of carbonyl (C=O) groups excluding carboxylic acids is 1. The molecule has 38 heavy (non-hydrogen) atoms. The van der Waals surface area contributed by atoms with Crippen molar-refractivity contribution in [1.82, 2.24) is 29.6 Å². The molecule has 0 aliphatic carbocycles. The number of thioether (sulfide) groups is 1. The molecule has 196 valence electrons. The first kappa shape index (κ1) is 25.0. The summed E-state index contributed by atoms with van der Waals surface area (Å²) in [6, 6.07) is 11.6. The molecule has 0 N–H and O–H groups in total. The second kappa shape index (κ2) is 10.8. The van der Waals surface area contributed by atoms with E-state index in [1.54, 1.807) is 19.5 Å². The maximum atomic E-state index is 13.1. The van der Waals surface area contributed by atoms with E-state index in [1.807, 2.05) is 51.2 Å². The van der Waals surface area contributed by atoms with Crippen molar-refractivity contribution in [3.05, 3.63) is 64.9 Å². The minimum atomic E-state index is -0.507. The number of aromatic nitrogens is 5. The van der Waals surface area contributed by atoms with Crippen molar-refractivity contribution in [3.63, 3.8) is 0 Å². The lowest BCUT2D eigenvalue weighted by molar-refractivity contribution is -0.181. The third-order valence-corrected chi connectivity index (χ3v) is 8.59. The third kappa shape index (κ3) is 4.92. The lowest BCUT2D eigenvalue weighted by atomic mass is 10.0. The predicted octanol–water partition coefficient (Wildman–Crippen LogP) is 4.07. The standard InChI is InChI=1S/C26H26N6O4S2/c1-34-21-5-3-2-4-20(21)32-23(18-6-10-27-11-7-18)29-30-25(32)38-17-22-28-19(16-37-22)24(33)31-12-8-26(9-13-31)35-14-15-36-26/h2-7,10-11,16H,8-9,12-15,17H2,1H3. The molecule has 12 heteroatoms. The average molecular weight is 551 g/mol. The summed E-state index contributed by atoms with van der Waals surface area (Å²) in [7, 11) is 1.65. The highest BCUT2D eigenvalue weighted by Crippen LogP contribution is 2.35. The van der Waals surface area contributed by atoms with Crippen LogP contribution in [0, 0.1) is 0 Å². The Morgan fingerprint density at radius 1 is 1.11 bits per heavy atom. The molecule has 0 unspecified atom stereocenters. The molecule has 1 aromatic carbocycles. The zero-order valence-corrected chi connectivity index (χ0v) is 22.4. The number of rotatable bonds is 7. The van der Waals surface area contributed by atoms with Crippen LogP contribution in [0.25, 0.3) is 17.1 Å². The summed E-state index contributed by atoms with van der Waals surface area (Å²) < 4.78 is 19.2. The highest BCUT2D eigenvalue weighted by Gasteiger charge is 2.41. The number of piperidine rings is 1. The molecule has 1 spiro atoms. The van der Waals surface area contributed by atoms with E-state index in [0.29, 0.717) is 67.3 Å². The first-order valence-corrected chi connectivity index (χ1v) is 14.2. The fourth-order valence-corrected chi connectivity index (χ4v) is 6.41. The van der Waals surface area contributed by atoms with Crippen LogP contribution in [0.15, 0.2) is 59.3 Å². The van der Waals surface area contributed by atoms with Gasteiger partial charge in [-0.15, -0.1) is 21.5 Å². The second-order valence-electron chi connectivity index (χ2n) is 8.86. The van der Waals surface area contributed by atoms with Gasteiger partial charge in [-0.2, -0.15) is 0 Å². The number of methoxy groups -OCH3 is 1. The number of pyridine rings is 1. The molecule has 0 radical (unpaired) electrons. The van der Waals surface area contributed by atoms with Gasteiger partial charge in [0.25, 0.3) is 5.91 Å². The summed E-state index contributed by atoms with van der Waals surface area (Å²) in [6.45, 7) is 2.44. The van der Waals surface area contributed by atoms with Crippen LogP contribution in [-0.4, -0.2) is 74.7 Å². The smallest absolute Gasteiger partial charge is 0.273 e. The van der Waals surface area contributed by atoms with Crippen molar-refractivity contribution < 1.29 is 19.0 Å². The monoisotopic (exact) mass is 550 g/mol. The molecule has 0 bridgehead atoms. The summed E-state index contributed by atoms with van der Waals surface area (Å²) in [5, 5.41) is 12.3. The van der Waals surface area contributed by atoms with Crippen molar-refractivity contribution in [2.45, 2.75) is 29.5 Å². The predicted molar refractivity (Wildman–Crippen MR) is 143 cm³/mol. The van der Waals surface area contributed by atoms with Crippen LogP contribution in [0.1, 0.15) is 28.3 Å². The van der Waals surface area contributed by atoms with Gasteiger partial charge < -0.3 is 19.1 Å². The molecule has 4 aromatic rings. The Bertz CT molecular complexity index is 1410. The SMILES string of the molecule is COc1ccccc1-n1c(SCc2nc(C(=O)N3CCC4(CC3)OCCO4)cs2)nnc1-c1ccncc1. The van der Waals surface area contributed by atoms with Crippen LogP contribution in [0.5, 0.6) is 5.75 Å². The van der Waals surface area contributed by atoms with Gasteiger partial charge >= 0.3 is 0 Å². The fraction of sp³-hybridized carbons (Fsp3) is 0.346. The Morgan fingerprint density at radius 3 is 2.63 bits per heavy atom. The number of likely N-dealkylation sites (tertiary alicyclic amines) is 1.